The minimum atomic E-state index is 0.189. The number of hydrogen-bond donors (Lipinski definition) is 1. The Hall–Kier alpha value is -0.0800. The first-order valence-electron chi connectivity index (χ1n) is 7.09. The van der Waals surface area contributed by atoms with Gasteiger partial charge in [0.25, 0.3) is 0 Å². The number of hydrogen-bond acceptors (Lipinski definition) is 2. The third-order valence-electron chi connectivity index (χ3n) is 4.20. The number of nitrogens with two attached hydrogens (primary N) is 1. The molecule has 0 saturated carbocycles. The van der Waals surface area contributed by atoms with Crippen LogP contribution in [0.4, 0.5) is 0 Å². The lowest BCUT2D eigenvalue weighted by atomic mass is 9.87. The van der Waals surface area contributed by atoms with Crippen LogP contribution in [-0.2, 0) is 0 Å². The lowest BCUT2D eigenvalue weighted by molar-refractivity contribution is 0.0698. The van der Waals surface area contributed by atoms with E-state index in [1.54, 1.807) is 0 Å². The predicted octanol–water partition coefficient (Wildman–Crippen LogP) is 3.16. The first-order chi connectivity index (χ1) is 7.59. The molecule has 0 spiro atoms. The molecule has 1 rings (SSSR count). The van der Waals surface area contributed by atoms with E-state index in [0.717, 1.165) is 0 Å². The van der Waals surface area contributed by atoms with Crippen molar-refractivity contribution >= 4 is 0 Å². The van der Waals surface area contributed by atoms with E-state index in [-0.39, 0.29) is 5.54 Å². The molecule has 0 aliphatic carbocycles. The van der Waals surface area contributed by atoms with E-state index in [1.165, 1.54) is 58.0 Å². The van der Waals surface area contributed by atoms with E-state index in [4.69, 9.17) is 5.73 Å². The van der Waals surface area contributed by atoms with E-state index in [9.17, 15) is 0 Å². The van der Waals surface area contributed by atoms with Gasteiger partial charge in [-0.2, -0.15) is 0 Å². The van der Waals surface area contributed by atoms with Crippen LogP contribution in [-0.4, -0.2) is 29.6 Å². The van der Waals surface area contributed by atoms with Crippen molar-refractivity contribution in [2.24, 2.45) is 5.73 Å². The number of rotatable bonds is 6. The van der Waals surface area contributed by atoms with Crippen LogP contribution in [0.1, 0.15) is 65.7 Å². The number of likely N-dealkylation sites (tertiary alicyclic amines) is 1. The molecule has 0 aromatic heterocycles. The second-order valence-electron chi connectivity index (χ2n) is 5.80. The second kappa shape index (κ2) is 6.61. The van der Waals surface area contributed by atoms with Gasteiger partial charge in [0.1, 0.15) is 0 Å². The summed E-state index contributed by atoms with van der Waals surface area (Å²) in [5.41, 5.74) is 6.57. The molecule has 0 aromatic carbocycles. The van der Waals surface area contributed by atoms with Crippen LogP contribution in [0, 0.1) is 0 Å². The highest BCUT2D eigenvalue weighted by Gasteiger charge is 2.33. The molecule has 1 saturated heterocycles. The number of nitrogens with zero attached hydrogens (tertiary/aromatic N) is 1. The molecule has 0 aromatic rings. The van der Waals surface area contributed by atoms with Crippen molar-refractivity contribution in [2.45, 2.75) is 77.3 Å². The lowest BCUT2D eigenvalue weighted by Gasteiger charge is -2.44. The maximum atomic E-state index is 6.38. The molecule has 1 aliphatic rings. The zero-order chi connectivity index (χ0) is 12.0. The number of piperidine rings is 1. The van der Waals surface area contributed by atoms with E-state index >= 15 is 0 Å². The summed E-state index contributed by atoms with van der Waals surface area (Å²) in [6.45, 7) is 9.40. The maximum Gasteiger partial charge on any atom is 0.0304 e. The van der Waals surface area contributed by atoms with Crippen molar-refractivity contribution in [1.82, 2.24) is 4.90 Å². The largest absolute Gasteiger partial charge is 0.326 e. The monoisotopic (exact) mass is 226 g/mol. The van der Waals surface area contributed by atoms with Crippen molar-refractivity contribution in [3.63, 3.8) is 0 Å². The Morgan fingerprint density at radius 3 is 2.31 bits per heavy atom. The Labute approximate surface area is 102 Å². The molecule has 2 heteroatoms. The Kier molecular flexibility index (Phi) is 5.77. The Morgan fingerprint density at radius 2 is 1.75 bits per heavy atom. The molecule has 2 N–H and O–H groups in total. The van der Waals surface area contributed by atoms with Gasteiger partial charge in [-0.15, -0.1) is 0 Å². The molecule has 1 aliphatic heterocycles. The summed E-state index contributed by atoms with van der Waals surface area (Å²) >= 11 is 0. The van der Waals surface area contributed by atoms with Gasteiger partial charge < -0.3 is 5.73 Å². The smallest absolute Gasteiger partial charge is 0.0304 e. The standard InChI is InChI=1S/C14H30N2/c1-4-5-7-10-13(15)14(2,3)16-11-8-6-9-12-16/h13H,4-12,15H2,1-3H3. The van der Waals surface area contributed by atoms with Crippen LogP contribution in [0.15, 0.2) is 0 Å². The fourth-order valence-electron chi connectivity index (χ4n) is 2.67. The van der Waals surface area contributed by atoms with E-state index in [1.807, 2.05) is 0 Å². The van der Waals surface area contributed by atoms with Crippen molar-refractivity contribution in [2.75, 3.05) is 13.1 Å². The highest BCUT2D eigenvalue weighted by atomic mass is 15.2. The quantitative estimate of drug-likeness (QED) is 0.705. The van der Waals surface area contributed by atoms with Crippen molar-refractivity contribution in [3.8, 4) is 0 Å². The summed E-state index contributed by atoms with van der Waals surface area (Å²) in [6, 6.07) is 0.331. The topological polar surface area (TPSA) is 29.3 Å². The molecule has 0 bridgehead atoms. The minimum absolute atomic E-state index is 0.189. The van der Waals surface area contributed by atoms with E-state index in [0.29, 0.717) is 6.04 Å². The van der Waals surface area contributed by atoms with Crippen LogP contribution in [0.25, 0.3) is 0 Å². The first-order valence-corrected chi connectivity index (χ1v) is 7.09. The lowest BCUT2D eigenvalue weighted by Crippen LogP contribution is -2.57. The summed E-state index contributed by atoms with van der Waals surface area (Å²) in [6.07, 6.45) is 9.18. The number of unbranched alkanes of at least 4 members (excludes halogenated alkanes) is 2. The van der Waals surface area contributed by atoms with Gasteiger partial charge in [0.05, 0.1) is 0 Å². The highest BCUT2D eigenvalue weighted by molar-refractivity contribution is 4.92. The zero-order valence-electron chi connectivity index (χ0n) is 11.5. The summed E-state index contributed by atoms with van der Waals surface area (Å²) in [4.78, 5) is 2.60. The fourth-order valence-corrected chi connectivity index (χ4v) is 2.67. The molecule has 96 valence electrons. The molecule has 2 nitrogen and oxygen atoms in total. The van der Waals surface area contributed by atoms with E-state index in [2.05, 4.69) is 25.7 Å². The van der Waals surface area contributed by atoms with Crippen LogP contribution < -0.4 is 5.73 Å². The van der Waals surface area contributed by atoms with Gasteiger partial charge in [-0.1, -0.05) is 32.6 Å². The zero-order valence-corrected chi connectivity index (χ0v) is 11.5. The molecule has 16 heavy (non-hydrogen) atoms. The van der Waals surface area contributed by atoms with Crippen molar-refractivity contribution < 1.29 is 0 Å². The predicted molar refractivity (Wildman–Crippen MR) is 71.6 cm³/mol. The van der Waals surface area contributed by atoms with Gasteiger partial charge in [-0.05, 0) is 46.2 Å². The Balaban J connectivity index is 2.40. The molecule has 0 radical (unpaired) electrons. The Morgan fingerprint density at radius 1 is 1.12 bits per heavy atom. The fraction of sp³-hybridized carbons (Fsp3) is 1.00. The summed E-state index contributed by atoms with van der Waals surface area (Å²) < 4.78 is 0. The average Bonchev–Trinajstić information content (AvgIpc) is 2.30. The minimum Gasteiger partial charge on any atom is -0.326 e. The van der Waals surface area contributed by atoms with E-state index < -0.39 is 0 Å². The Bertz CT molecular complexity index is 183. The van der Waals surface area contributed by atoms with Crippen molar-refractivity contribution in [3.05, 3.63) is 0 Å². The molecule has 1 unspecified atom stereocenters. The maximum absolute atomic E-state index is 6.38. The van der Waals surface area contributed by atoms with Crippen LogP contribution in [0.3, 0.4) is 0 Å². The van der Waals surface area contributed by atoms with Crippen LogP contribution in [0.2, 0.25) is 0 Å². The molecule has 1 atom stereocenters. The van der Waals surface area contributed by atoms with Gasteiger partial charge >= 0.3 is 0 Å². The van der Waals surface area contributed by atoms with Gasteiger partial charge in [-0.3, -0.25) is 4.90 Å². The molecular formula is C14H30N2. The molecule has 0 amide bonds. The van der Waals surface area contributed by atoms with Gasteiger partial charge in [0.2, 0.25) is 0 Å². The highest BCUT2D eigenvalue weighted by Crippen LogP contribution is 2.25. The van der Waals surface area contributed by atoms with Gasteiger partial charge in [0.15, 0.2) is 0 Å². The average molecular weight is 226 g/mol. The van der Waals surface area contributed by atoms with Gasteiger partial charge in [0, 0.05) is 11.6 Å². The third kappa shape index (κ3) is 3.74. The summed E-state index contributed by atoms with van der Waals surface area (Å²) in [5.74, 6) is 0. The third-order valence-corrected chi connectivity index (χ3v) is 4.20. The van der Waals surface area contributed by atoms with Crippen molar-refractivity contribution in [1.29, 1.82) is 0 Å². The normalized spacial score (nSPS) is 21.0. The SMILES string of the molecule is CCCCCC(N)C(C)(C)N1CCCCC1. The molecule has 1 fully saturated rings. The second-order valence-corrected chi connectivity index (χ2v) is 5.80. The van der Waals surface area contributed by atoms with Crippen LogP contribution in [0.5, 0.6) is 0 Å². The molecule has 1 heterocycles. The molecular weight excluding hydrogens is 196 g/mol. The van der Waals surface area contributed by atoms with Gasteiger partial charge in [-0.25, -0.2) is 0 Å². The first kappa shape index (κ1) is 14.0. The summed E-state index contributed by atoms with van der Waals surface area (Å²) in [5, 5.41) is 0. The summed E-state index contributed by atoms with van der Waals surface area (Å²) in [7, 11) is 0. The van der Waals surface area contributed by atoms with Crippen LogP contribution >= 0.6 is 0 Å².